The Morgan fingerprint density at radius 2 is 2.36 bits per heavy atom. The molecule has 1 aromatic rings. The van der Waals surface area contributed by atoms with Crippen LogP contribution in [0.15, 0.2) is 12.3 Å². The summed E-state index contributed by atoms with van der Waals surface area (Å²) in [5.41, 5.74) is -0.397. The van der Waals surface area contributed by atoms with Gasteiger partial charge < -0.3 is 5.11 Å². The molecule has 1 aromatic heterocycles. The van der Waals surface area contributed by atoms with E-state index in [-0.39, 0.29) is 10.9 Å². The number of pyridine rings is 1. The van der Waals surface area contributed by atoms with Crippen LogP contribution in [-0.2, 0) is 0 Å². The van der Waals surface area contributed by atoms with Crippen LogP contribution in [0.25, 0.3) is 0 Å². The van der Waals surface area contributed by atoms with E-state index in [0.717, 1.165) is 12.3 Å². The summed E-state index contributed by atoms with van der Waals surface area (Å²) in [7, 11) is 0. The number of nitro groups is 1. The van der Waals surface area contributed by atoms with Crippen LogP contribution in [0.2, 0.25) is 5.15 Å². The summed E-state index contributed by atoms with van der Waals surface area (Å²) in [6.45, 7) is 0. The number of hydrogen-bond acceptors (Lipinski definition) is 4. The molecule has 5 nitrogen and oxygen atoms in total. The highest BCUT2D eigenvalue weighted by Crippen LogP contribution is 2.24. The second-order valence-electron chi connectivity index (χ2n) is 1.76. The molecular weight excluding hydrogens is 172 g/mol. The fourth-order valence-electron chi connectivity index (χ4n) is 0.554. The minimum absolute atomic E-state index is 0.229. The average molecular weight is 175 g/mol. The lowest BCUT2D eigenvalue weighted by Gasteiger charge is -1.93. The van der Waals surface area contributed by atoms with Gasteiger partial charge in [0, 0.05) is 0 Å². The van der Waals surface area contributed by atoms with Gasteiger partial charge in [-0.1, -0.05) is 11.6 Å². The number of hydrogen-bond donors (Lipinski definition) is 1. The van der Waals surface area contributed by atoms with Crippen LogP contribution >= 0.6 is 11.6 Å². The first-order valence-corrected chi connectivity index (χ1v) is 2.98. The zero-order valence-electron chi connectivity index (χ0n) is 5.19. The molecule has 0 saturated heterocycles. The molecule has 1 N–H and O–H groups in total. The highest BCUT2D eigenvalue weighted by molar-refractivity contribution is 6.31. The van der Waals surface area contributed by atoms with E-state index in [4.69, 9.17) is 16.7 Å². The minimum atomic E-state index is -0.713. The molecule has 0 aromatic carbocycles. The normalized spacial score (nSPS) is 9.55. The van der Waals surface area contributed by atoms with Gasteiger partial charge >= 0.3 is 5.69 Å². The maximum Gasteiger partial charge on any atom is 0.310 e. The highest BCUT2D eigenvalue weighted by Gasteiger charge is 2.13. The summed E-state index contributed by atoms with van der Waals surface area (Å²) in [4.78, 5) is 12.8. The first-order valence-electron chi connectivity index (χ1n) is 2.60. The third kappa shape index (κ3) is 1.56. The molecule has 0 spiro atoms. The summed E-state index contributed by atoms with van der Waals surface area (Å²) >= 11 is 5.33. The van der Waals surface area contributed by atoms with E-state index in [0.29, 0.717) is 0 Å². The maximum absolute atomic E-state index is 10.1. The Hall–Kier alpha value is -1.36. The third-order valence-corrected chi connectivity index (χ3v) is 1.29. The van der Waals surface area contributed by atoms with Gasteiger partial charge in [0.05, 0.1) is 17.2 Å². The second kappa shape index (κ2) is 2.71. The van der Waals surface area contributed by atoms with Crippen LogP contribution in [0, 0.1) is 10.1 Å². The van der Waals surface area contributed by atoms with Crippen molar-refractivity contribution >= 4 is 17.3 Å². The average Bonchev–Trinajstić information content (AvgIpc) is 1.94. The van der Waals surface area contributed by atoms with E-state index in [9.17, 15) is 10.1 Å². The Morgan fingerprint density at radius 1 is 1.73 bits per heavy atom. The second-order valence-corrected chi connectivity index (χ2v) is 2.12. The monoisotopic (exact) mass is 174 g/mol. The smallest absolute Gasteiger partial charge is 0.310 e. The number of aromatic hydroxyl groups is 1. The first kappa shape index (κ1) is 7.74. The van der Waals surface area contributed by atoms with Crippen molar-refractivity contribution in [1.82, 2.24) is 4.98 Å². The highest BCUT2D eigenvalue weighted by atomic mass is 35.5. The van der Waals surface area contributed by atoms with E-state index >= 15 is 0 Å². The molecule has 0 aliphatic carbocycles. The fourth-order valence-corrected chi connectivity index (χ4v) is 0.726. The number of nitrogens with zero attached hydrogens (tertiary/aromatic N) is 2. The molecule has 0 unspecified atom stereocenters. The zero-order valence-corrected chi connectivity index (χ0v) is 5.95. The van der Waals surface area contributed by atoms with Crippen LogP contribution in [-0.4, -0.2) is 15.0 Å². The largest absolute Gasteiger partial charge is 0.506 e. The molecule has 0 fully saturated rings. The molecule has 0 radical (unpaired) electrons. The van der Waals surface area contributed by atoms with Gasteiger partial charge in [-0.2, -0.15) is 0 Å². The predicted octanol–water partition coefficient (Wildman–Crippen LogP) is 1.35. The molecule has 1 heterocycles. The molecule has 0 amide bonds. The molecule has 6 heteroatoms. The SMILES string of the molecule is O=[N+]([O-])c1cc(O)cnc1Cl. The molecule has 0 bridgehead atoms. The quantitative estimate of drug-likeness (QED) is 0.396. The number of rotatable bonds is 1. The van der Waals surface area contributed by atoms with Crippen molar-refractivity contribution in [2.24, 2.45) is 0 Å². The molecular formula is C5H3ClN2O3. The van der Waals surface area contributed by atoms with Gasteiger partial charge in [-0.15, -0.1) is 0 Å². The molecule has 0 atom stereocenters. The van der Waals surface area contributed by atoms with Crippen LogP contribution in [0.4, 0.5) is 5.69 Å². The third-order valence-electron chi connectivity index (χ3n) is 1.00. The van der Waals surface area contributed by atoms with Crippen molar-refractivity contribution in [3.63, 3.8) is 0 Å². The van der Waals surface area contributed by atoms with E-state index < -0.39 is 10.6 Å². The Labute approximate surface area is 66.4 Å². The van der Waals surface area contributed by atoms with Gasteiger partial charge in [0.15, 0.2) is 0 Å². The van der Waals surface area contributed by atoms with Gasteiger partial charge in [0.2, 0.25) is 5.15 Å². The molecule has 0 aliphatic rings. The van der Waals surface area contributed by atoms with Gasteiger partial charge in [0.25, 0.3) is 0 Å². The lowest BCUT2D eigenvalue weighted by molar-refractivity contribution is -0.385. The molecule has 58 valence electrons. The Bertz CT molecular complexity index is 302. The summed E-state index contributed by atoms with van der Waals surface area (Å²) in [6, 6.07) is 0.940. The van der Waals surface area contributed by atoms with E-state index in [1.165, 1.54) is 0 Å². The summed E-state index contributed by atoms with van der Waals surface area (Å²) in [5, 5.41) is 18.7. The number of halogens is 1. The summed E-state index contributed by atoms with van der Waals surface area (Å²) in [6.07, 6.45) is 1.04. The van der Waals surface area contributed by atoms with Gasteiger partial charge in [-0.25, -0.2) is 4.98 Å². The minimum Gasteiger partial charge on any atom is -0.506 e. The Morgan fingerprint density at radius 3 is 2.82 bits per heavy atom. The van der Waals surface area contributed by atoms with Gasteiger partial charge in [-0.3, -0.25) is 10.1 Å². The first-order chi connectivity index (χ1) is 5.11. The van der Waals surface area contributed by atoms with Crippen molar-refractivity contribution in [1.29, 1.82) is 0 Å². The van der Waals surface area contributed by atoms with Crippen molar-refractivity contribution in [2.75, 3.05) is 0 Å². The summed E-state index contributed by atoms with van der Waals surface area (Å²) < 4.78 is 0. The van der Waals surface area contributed by atoms with Gasteiger partial charge in [0.1, 0.15) is 5.75 Å². The van der Waals surface area contributed by atoms with Crippen LogP contribution in [0.3, 0.4) is 0 Å². The van der Waals surface area contributed by atoms with E-state index in [2.05, 4.69) is 4.98 Å². The van der Waals surface area contributed by atoms with E-state index in [1.807, 2.05) is 0 Å². The lowest BCUT2D eigenvalue weighted by Crippen LogP contribution is -1.90. The van der Waals surface area contributed by atoms with Crippen LogP contribution < -0.4 is 0 Å². The van der Waals surface area contributed by atoms with Crippen molar-refractivity contribution in [3.05, 3.63) is 27.5 Å². The lowest BCUT2D eigenvalue weighted by atomic mass is 10.4. The Balaban J connectivity index is 3.23. The molecule has 1 rings (SSSR count). The topological polar surface area (TPSA) is 76.3 Å². The van der Waals surface area contributed by atoms with E-state index in [1.54, 1.807) is 0 Å². The van der Waals surface area contributed by atoms with Gasteiger partial charge in [-0.05, 0) is 0 Å². The predicted molar refractivity (Wildman–Crippen MR) is 37.6 cm³/mol. The summed E-state index contributed by atoms with van der Waals surface area (Å²) in [5.74, 6) is -0.277. The van der Waals surface area contributed by atoms with Crippen LogP contribution in [0.1, 0.15) is 0 Å². The van der Waals surface area contributed by atoms with Crippen LogP contribution in [0.5, 0.6) is 5.75 Å². The maximum atomic E-state index is 10.1. The molecule has 0 saturated carbocycles. The van der Waals surface area contributed by atoms with Crippen molar-refractivity contribution in [2.45, 2.75) is 0 Å². The molecule has 11 heavy (non-hydrogen) atoms. The standard InChI is InChI=1S/C5H3ClN2O3/c6-5-4(8(10)11)1-3(9)2-7-5/h1-2,9H. The fraction of sp³-hybridized carbons (Fsp3) is 0. The zero-order chi connectivity index (χ0) is 8.43. The van der Waals surface area contributed by atoms with Crippen molar-refractivity contribution in [3.8, 4) is 5.75 Å². The number of aromatic nitrogens is 1. The Kier molecular flexibility index (Phi) is 1.91. The van der Waals surface area contributed by atoms with Crippen molar-refractivity contribution < 1.29 is 10.0 Å². The molecule has 0 aliphatic heterocycles.